The Kier molecular flexibility index (Phi) is 18.0. The van der Waals surface area contributed by atoms with Crippen LogP contribution in [0.2, 0.25) is 0 Å². The quantitative estimate of drug-likeness (QED) is 0.0690. The summed E-state index contributed by atoms with van der Waals surface area (Å²) in [5.74, 6) is -0.564. The largest absolute Gasteiger partial charge is 0.463 e. The number of thioether (sulfide) groups is 2. The topological polar surface area (TPSA) is 142 Å². The molecule has 0 saturated carbocycles. The summed E-state index contributed by atoms with van der Waals surface area (Å²) in [7, 11) is 0. The summed E-state index contributed by atoms with van der Waals surface area (Å²) in [5, 5.41) is 0. The smallest absolute Gasteiger partial charge is 0.303 e. The molecular weight excluding hydrogens is 737 g/mol. The van der Waals surface area contributed by atoms with Crippen molar-refractivity contribution in [2.75, 3.05) is 26.4 Å². The minimum Gasteiger partial charge on any atom is -0.463 e. The summed E-state index contributed by atoms with van der Waals surface area (Å²) < 4.78 is 45.4. The number of carbonyl (C=O) groups excluding carboxylic acids is 4. The van der Waals surface area contributed by atoms with Gasteiger partial charge in [-0.05, 0) is 47.6 Å². The zero-order valence-electron chi connectivity index (χ0n) is 30.7. The van der Waals surface area contributed by atoms with E-state index in [9.17, 15) is 19.2 Å². The number of ether oxygens (including phenoxy) is 8. The molecule has 0 saturated heterocycles. The number of benzene rings is 2. The van der Waals surface area contributed by atoms with Crippen molar-refractivity contribution in [3.8, 4) is 0 Å². The molecule has 0 unspecified atom stereocenters. The zero-order valence-corrected chi connectivity index (χ0v) is 32.3. The summed E-state index contributed by atoms with van der Waals surface area (Å²) in [6.07, 6.45) is 6.10. The van der Waals surface area contributed by atoms with Crippen molar-refractivity contribution in [1.29, 1.82) is 0 Å². The lowest BCUT2D eigenvalue weighted by molar-refractivity contribution is -0.194. The van der Waals surface area contributed by atoms with Gasteiger partial charge in [0.2, 0.25) is 0 Å². The molecule has 2 aliphatic heterocycles. The summed E-state index contributed by atoms with van der Waals surface area (Å²) in [4.78, 5) is 48.1. The summed E-state index contributed by atoms with van der Waals surface area (Å²) in [5.41, 5.74) is 2.27. The molecule has 12 nitrogen and oxygen atoms in total. The maximum Gasteiger partial charge on any atom is 0.303 e. The van der Waals surface area contributed by atoms with Crippen LogP contribution in [-0.2, 0) is 68.6 Å². The number of hydrogen-bond donors (Lipinski definition) is 0. The highest BCUT2D eigenvalue weighted by Crippen LogP contribution is 2.28. The fraction of sp³-hybridized carbons (Fsp3) is 0.400. The van der Waals surface area contributed by atoms with Crippen molar-refractivity contribution in [2.45, 2.75) is 76.2 Å². The number of esters is 4. The van der Waals surface area contributed by atoms with Crippen molar-refractivity contribution in [1.82, 2.24) is 0 Å². The van der Waals surface area contributed by atoms with Gasteiger partial charge in [-0.15, -0.1) is 23.5 Å². The molecule has 2 aromatic rings. The maximum absolute atomic E-state index is 11.7. The van der Waals surface area contributed by atoms with E-state index in [-0.39, 0.29) is 26.4 Å². The maximum atomic E-state index is 11.7. The first-order valence-corrected chi connectivity index (χ1v) is 19.3. The van der Waals surface area contributed by atoms with Crippen LogP contribution in [-0.4, -0.2) is 87.3 Å². The zero-order chi connectivity index (χ0) is 38.7. The molecule has 2 heterocycles. The Bertz CT molecular complexity index is 1520. The molecule has 0 amide bonds. The van der Waals surface area contributed by atoms with Gasteiger partial charge in [-0.25, -0.2) is 0 Å². The Morgan fingerprint density at radius 1 is 0.574 bits per heavy atom. The third-order valence-corrected chi connectivity index (χ3v) is 9.75. The van der Waals surface area contributed by atoms with Gasteiger partial charge in [-0.1, -0.05) is 60.7 Å². The van der Waals surface area contributed by atoms with E-state index in [0.29, 0.717) is 11.5 Å². The molecule has 0 radical (unpaired) electrons. The number of allylic oxidation sites excluding steroid dienone is 2. The van der Waals surface area contributed by atoms with E-state index in [1.807, 2.05) is 48.6 Å². The van der Waals surface area contributed by atoms with Gasteiger partial charge >= 0.3 is 23.9 Å². The SMILES string of the molecule is CC(=O)OC[C@H]1O[C@H](OC/C(=C/C=C(/CO[C@@H]2C=C[C@H](OC(C)=O)[C@@H](COC(C)=O)O2)SCc2ccccc2)SCc2ccccc2)C=C[C@@H]1OC(C)=O. The molecular formula is C40H46O12S2. The second-order valence-electron chi connectivity index (χ2n) is 12.0. The van der Waals surface area contributed by atoms with Gasteiger partial charge in [0.1, 0.15) is 37.6 Å². The lowest BCUT2D eigenvalue weighted by atomic mass is 10.1. The first-order valence-electron chi connectivity index (χ1n) is 17.3. The van der Waals surface area contributed by atoms with Crippen LogP contribution >= 0.6 is 23.5 Å². The monoisotopic (exact) mass is 782 g/mol. The van der Waals surface area contributed by atoms with Gasteiger partial charge < -0.3 is 37.9 Å². The molecule has 0 aliphatic carbocycles. The fourth-order valence-corrected chi connectivity index (χ4v) is 6.72. The minimum atomic E-state index is -0.789. The van der Waals surface area contributed by atoms with Crippen molar-refractivity contribution >= 4 is 47.4 Å². The highest BCUT2D eigenvalue weighted by Gasteiger charge is 2.32. The highest BCUT2D eigenvalue weighted by atomic mass is 32.2. The fourth-order valence-electron chi connectivity index (χ4n) is 5.00. The van der Waals surface area contributed by atoms with Crippen molar-refractivity contribution < 1.29 is 57.1 Å². The van der Waals surface area contributed by atoms with Gasteiger partial charge in [-0.2, -0.15) is 0 Å². The molecule has 0 fully saturated rings. The molecule has 0 bridgehead atoms. The Morgan fingerprint density at radius 2 is 0.963 bits per heavy atom. The van der Waals surface area contributed by atoms with Gasteiger partial charge in [-0.3, -0.25) is 19.2 Å². The first-order chi connectivity index (χ1) is 26.0. The lowest BCUT2D eigenvalue weighted by Gasteiger charge is -2.31. The Morgan fingerprint density at radius 3 is 1.31 bits per heavy atom. The number of rotatable bonds is 19. The molecule has 54 heavy (non-hydrogen) atoms. The second-order valence-corrected chi connectivity index (χ2v) is 14.2. The Balaban J connectivity index is 1.52. The average molecular weight is 783 g/mol. The predicted molar refractivity (Wildman–Crippen MR) is 204 cm³/mol. The van der Waals surface area contributed by atoms with E-state index < -0.39 is 60.9 Å². The molecule has 4 rings (SSSR count). The Labute approximate surface area is 324 Å². The van der Waals surface area contributed by atoms with E-state index in [1.165, 1.54) is 27.7 Å². The predicted octanol–water partition coefficient (Wildman–Crippen LogP) is 6.21. The van der Waals surface area contributed by atoms with E-state index >= 15 is 0 Å². The van der Waals surface area contributed by atoms with Crippen LogP contribution in [0.3, 0.4) is 0 Å². The standard InChI is InChI=1S/C40H46O12S2/c1-27(41)45-23-37-35(49-29(3)43)17-19-39(51-37)47-21-33(53-25-31-11-7-5-8-12-31)15-16-34(54-26-32-13-9-6-10-14-32)22-48-40-20-18-36(50-30(4)44)38(52-40)24-46-28(2)42/h5-20,35-40H,21-26H2,1-4H3/b33-15-,34-16-/t35-,36-,37+,38+,39-,40-/m0/s1. The summed E-state index contributed by atoms with van der Waals surface area (Å²) in [6.45, 7) is 5.34. The molecule has 2 aliphatic rings. The van der Waals surface area contributed by atoms with Crippen molar-refractivity contribution in [3.63, 3.8) is 0 Å². The normalized spacial score (nSPS) is 22.7. The van der Waals surface area contributed by atoms with Crippen LogP contribution in [0.1, 0.15) is 38.8 Å². The third kappa shape index (κ3) is 16.0. The average Bonchev–Trinajstić information content (AvgIpc) is 3.15. The lowest BCUT2D eigenvalue weighted by Crippen LogP contribution is -2.42. The second kappa shape index (κ2) is 22.9. The molecule has 0 aromatic heterocycles. The molecule has 290 valence electrons. The Hall–Kier alpha value is -4.18. The van der Waals surface area contributed by atoms with Crippen LogP contribution in [0.25, 0.3) is 0 Å². The van der Waals surface area contributed by atoms with Crippen LogP contribution in [0.5, 0.6) is 0 Å². The third-order valence-electron chi connectivity index (χ3n) is 7.54. The first kappa shape index (κ1) is 42.6. The van der Waals surface area contributed by atoms with Crippen LogP contribution in [0.15, 0.2) is 107 Å². The van der Waals surface area contributed by atoms with Crippen LogP contribution < -0.4 is 0 Å². The molecule has 2 aromatic carbocycles. The van der Waals surface area contributed by atoms with Crippen molar-refractivity contribution in [2.24, 2.45) is 0 Å². The number of carbonyl (C=O) groups is 4. The van der Waals surface area contributed by atoms with Crippen molar-refractivity contribution in [3.05, 3.63) is 118 Å². The van der Waals surface area contributed by atoms with E-state index in [2.05, 4.69) is 24.3 Å². The van der Waals surface area contributed by atoms with Gasteiger partial charge in [0.05, 0.1) is 13.2 Å². The minimum absolute atomic E-state index is 0.109. The molecule has 6 atom stereocenters. The molecule has 0 N–H and O–H groups in total. The van der Waals surface area contributed by atoms with E-state index in [0.717, 1.165) is 20.9 Å². The molecule has 14 heteroatoms. The van der Waals surface area contributed by atoms with E-state index in [1.54, 1.807) is 47.8 Å². The van der Waals surface area contributed by atoms with E-state index in [4.69, 9.17) is 37.9 Å². The van der Waals surface area contributed by atoms with Crippen LogP contribution in [0, 0.1) is 0 Å². The number of hydrogen-bond acceptors (Lipinski definition) is 14. The summed E-state index contributed by atoms with van der Waals surface area (Å²) >= 11 is 3.21. The van der Waals surface area contributed by atoms with Crippen LogP contribution in [0.4, 0.5) is 0 Å². The summed E-state index contributed by atoms with van der Waals surface area (Å²) in [6, 6.07) is 20.1. The van der Waals surface area contributed by atoms with Gasteiger partial charge in [0.25, 0.3) is 0 Å². The highest BCUT2D eigenvalue weighted by molar-refractivity contribution is 8.02. The van der Waals surface area contributed by atoms with Gasteiger partial charge in [0.15, 0.2) is 12.6 Å². The molecule has 0 spiro atoms. The van der Waals surface area contributed by atoms with Gasteiger partial charge in [0, 0.05) is 49.0 Å².